The first-order valence-electron chi connectivity index (χ1n) is 12.3. The summed E-state index contributed by atoms with van der Waals surface area (Å²) in [4.78, 5) is 64.0. The predicted octanol–water partition coefficient (Wildman–Crippen LogP) is -0.520. The van der Waals surface area contributed by atoms with Crippen molar-refractivity contribution < 1.29 is 39.3 Å². The summed E-state index contributed by atoms with van der Waals surface area (Å²) in [6.45, 7) is 2.52. The highest BCUT2D eigenvalue weighted by molar-refractivity contribution is 5.94. The van der Waals surface area contributed by atoms with E-state index in [1.807, 2.05) is 24.3 Å². The molecule has 5 unspecified atom stereocenters. The number of nitrogens with two attached hydrogens (primary N) is 1. The number of hydrogen-bond acceptors (Lipinski definition) is 7. The number of carboxylic acids is 2. The van der Waals surface area contributed by atoms with Crippen LogP contribution in [0.2, 0.25) is 0 Å². The van der Waals surface area contributed by atoms with Gasteiger partial charge in [-0.2, -0.15) is 0 Å². The number of para-hydroxylation sites is 1. The Kier molecular flexibility index (Phi) is 11.2. The van der Waals surface area contributed by atoms with E-state index in [2.05, 4.69) is 20.9 Å². The third-order valence-corrected chi connectivity index (χ3v) is 6.32. The number of aromatic nitrogens is 1. The molecule has 0 saturated heterocycles. The number of carbonyl (C=O) groups excluding carboxylic acids is 3. The second-order valence-corrected chi connectivity index (χ2v) is 9.12. The molecule has 38 heavy (non-hydrogen) atoms. The van der Waals surface area contributed by atoms with Gasteiger partial charge in [0, 0.05) is 23.5 Å². The average Bonchev–Trinajstić information content (AvgIpc) is 3.29. The smallest absolute Gasteiger partial charge is 0.326 e. The van der Waals surface area contributed by atoms with Crippen molar-refractivity contribution in [1.29, 1.82) is 0 Å². The minimum atomic E-state index is -1.53. The minimum absolute atomic E-state index is 0.136. The molecule has 0 fully saturated rings. The summed E-state index contributed by atoms with van der Waals surface area (Å²) in [5.41, 5.74) is 7.71. The SMILES string of the molecule is CCC(C)C(NC(=O)C(CO)NC(=O)C(CCC(=O)O)NC(=O)C(N)Cc1c[nH]c2ccccc12)C(=O)O. The first-order valence-corrected chi connectivity index (χ1v) is 12.3. The number of rotatable bonds is 15. The van der Waals surface area contributed by atoms with Crippen LogP contribution in [0, 0.1) is 5.92 Å². The number of benzene rings is 1. The molecule has 2 aromatic rings. The quantitative estimate of drug-likeness (QED) is 0.147. The molecular weight excluding hydrogens is 498 g/mol. The number of aliphatic carboxylic acids is 2. The second kappa shape index (κ2) is 14.1. The number of aliphatic hydroxyl groups excluding tert-OH is 1. The molecule has 0 aliphatic carbocycles. The van der Waals surface area contributed by atoms with Crippen LogP contribution in [0.15, 0.2) is 30.5 Å². The molecule has 0 bridgehead atoms. The van der Waals surface area contributed by atoms with Gasteiger partial charge in [-0.3, -0.25) is 19.2 Å². The Morgan fingerprint density at radius 2 is 1.61 bits per heavy atom. The van der Waals surface area contributed by atoms with Crippen LogP contribution in [-0.4, -0.2) is 80.7 Å². The summed E-state index contributed by atoms with van der Waals surface area (Å²) in [5.74, 6) is -5.49. The number of hydrogen-bond donors (Lipinski definition) is 8. The van der Waals surface area contributed by atoms with Crippen LogP contribution in [0.4, 0.5) is 0 Å². The van der Waals surface area contributed by atoms with Gasteiger partial charge in [0.25, 0.3) is 0 Å². The van der Waals surface area contributed by atoms with Gasteiger partial charge in [-0.05, 0) is 30.4 Å². The van der Waals surface area contributed by atoms with Gasteiger partial charge < -0.3 is 42.0 Å². The van der Waals surface area contributed by atoms with E-state index >= 15 is 0 Å². The van der Waals surface area contributed by atoms with E-state index in [1.54, 1.807) is 20.0 Å². The molecule has 13 nitrogen and oxygen atoms in total. The monoisotopic (exact) mass is 533 g/mol. The Bertz CT molecular complexity index is 1150. The Hall–Kier alpha value is -3.97. The highest BCUT2D eigenvalue weighted by Gasteiger charge is 2.32. The Labute approximate surface area is 219 Å². The van der Waals surface area contributed by atoms with Crippen molar-refractivity contribution in [3.8, 4) is 0 Å². The molecule has 9 N–H and O–H groups in total. The van der Waals surface area contributed by atoms with Gasteiger partial charge >= 0.3 is 11.9 Å². The number of carbonyl (C=O) groups is 5. The number of H-pyrrole nitrogens is 1. The van der Waals surface area contributed by atoms with Crippen molar-refractivity contribution in [2.45, 2.75) is 63.7 Å². The van der Waals surface area contributed by atoms with Gasteiger partial charge in [0.05, 0.1) is 12.6 Å². The lowest BCUT2D eigenvalue weighted by Gasteiger charge is -2.25. The van der Waals surface area contributed by atoms with Gasteiger partial charge in [0.1, 0.15) is 18.1 Å². The summed E-state index contributed by atoms with van der Waals surface area (Å²) in [7, 11) is 0. The molecule has 1 aromatic carbocycles. The van der Waals surface area contributed by atoms with E-state index < -0.39 is 72.8 Å². The van der Waals surface area contributed by atoms with Crippen molar-refractivity contribution in [1.82, 2.24) is 20.9 Å². The van der Waals surface area contributed by atoms with Crippen LogP contribution in [0.5, 0.6) is 0 Å². The van der Waals surface area contributed by atoms with Crippen molar-refractivity contribution in [2.75, 3.05) is 6.61 Å². The third kappa shape index (κ3) is 8.28. The number of aromatic amines is 1. The van der Waals surface area contributed by atoms with Crippen molar-refractivity contribution in [3.05, 3.63) is 36.0 Å². The molecule has 13 heteroatoms. The highest BCUT2D eigenvalue weighted by Crippen LogP contribution is 2.19. The molecule has 0 aliphatic heterocycles. The van der Waals surface area contributed by atoms with Crippen LogP contribution in [0.1, 0.15) is 38.7 Å². The summed E-state index contributed by atoms with van der Waals surface area (Å²) in [6.07, 6.45) is 1.53. The molecular formula is C25H35N5O8. The molecule has 2 rings (SSSR count). The minimum Gasteiger partial charge on any atom is -0.481 e. The van der Waals surface area contributed by atoms with Crippen molar-refractivity contribution in [3.63, 3.8) is 0 Å². The summed E-state index contributed by atoms with van der Waals surface area (Å²) < 4.78 is 0. The molecule has 5 atom stereocenters. The van der Waals surface area contributed by atoms with Crippen LogP contribution in [0.3, 0.4) is 0 Å². The topological polar surface area (TPSA) is 224 Å². The Morgan fingerprint density at radius 3 is 2.21 bits per heavy atom. The molecule has 0 spiro atoms. The maximum absolute atomic E-state index is 12.9. The van der Waals surface area contributed by atoms with Gasteiger partial charge in [0.2, 0.25) is 17.7 Å². The fourth-order valence-corrected chi connectivity index (χ4v) is 3.85. The van der Waals surface area contributed by atoms with Crippen molar-refractivity contribution >= 4 is 40.6 Å². The standard InChI is InChI=1S/C25H35N5O8/c1-3-13(2)21(25(37)38)30-24(36)19(12-31)29-23(35)18(8-9-20(32)33)28-22(34)16(26)10-14-11-27-17-7-5-4-6-15(14)17/h4-7,11,13,16,18-19,21,27,31H,3,8-10,12,26H2,1-2H3,(H,28,34)(H,29,35)(H,30,36)(H,32,33)(H,37,38). The lowest BCUT2D eigenvalue weighted by atomic mass is 9.99. The lowest BCUT2D eigenvalue weighted by Crippen LogP contribution is -2.58. The van der Waals surface area contributed by atoms with Crippen LogP contribution >= 0.6 is 0 Å². The molecule has 3 amide bonds. The predicted molar refractivity (Wildman–Crippen MR) is 137 cm³/mol. The zero-order valence-electron chi connectivity index (χ0n) is 21.3. The zero-order chi connectivity index (χ0) is 28.4. The van der Waals surface area contributed by atoms with Gasteiger partial charge in [-0.1, -0.05) is 38.5 Å². The van der Waals surface area contributed by atoms with E-state index in [1.165, 1.54) is 0 Å². The summed E-state index contributed by atoms with van der Waals surface area (Å²) in [6, 6.07) is 2.20. The molecule has 1 heterocycles. The van der Waals surface area contributed by atoms with E-state index in [0.29, 0.717) is 6.42 Å². The second-order valence-electron chi connectivity index (χ2n) is 9.12. The number of aliphatic hydroxyl groups is 1. The fourth-order valence-electron chi connectivity index (χ4n) is 3.85. The summed E-state index contributed by atoms with van der Waals surface area (Å²) in [5, 5.41) is 36.0. The Morgan fingerprint density at radius 1 is 0.974 bits per heavy atom. The Balaban J connectivity index is 2.10. The van der Waals surface area contributed by atoms with E-state index in [-0.39, 0.29) is 12.8 Å². The molecule has 0 aliphatic rings. The summed E-state index contributed by atoms with van der Waals surface area (Å²) >= 11 is 0. The van der Waals surface area contributed by atoms with Crippen LogP contribution in [0.25, 0.3) is 10.9 Å². The normalized spacial score (nSPS) is 15.1. The number of amides is 3. The average molecular weight is 534 g/mol. The zero-order valence-corrected chi connectivity index (χ0v) is 21.3. The molecule has 208 valence electrons. The number of fused-ring (bicyclic) bond motifs is 1. The molecule has 0 radical (unpaired) electrons. The maximum atomic E-state index is 12.9. The van der Waals surface area contributed by atoms with E-state index in [9.17, 15) is 34.2 Å². The third-order valence-electron chi connectivity index (χ3n) is 6.32. The van der Waals surface area contributed by atoms with Crippen LogP contribution in [-0.2, 0) is 30.4 Å². The highest BCUT2D eigenvalue weighted by atomic mass is 16.4. The lowest BCUT2D eigenvalue weighted by molar-refractivity contribution is -0.144. The van der Waals surface area contributed by atoms with E-state index in [0.717, 1.165) is 16.5 Å². The van der Waals surface area contributed by atoms with Crippen molar-refractivity contribution in [2.24, 2.45) is 11.7 Å². The van der Waals surface area contributed by atoms with E-state index in [4.69, 9.17) is 10.8 Å². The van der Waals surface area contributed by atoms with Gasteiger partial charge in [-0.15, -0.1) is 0 Å². The maximum Gasteiger partial charge on any atom is 0.326 e. The largest absolute Gasteiger partial charge is 0.481 e. The van der Waals surface area contributed by atoms with Crippen LogP contribution < -0.4 is 21.7 Å². The van der Waals surface area contributed by atoms with Gasteiger partial charge in [-0.25, -0.2) is 4.79 Å². The first-order chi connectivity index (χ1) is 18.0. The molecule has 1 aromatic heterocycles. The number of carboxylic acid groups (broad SMARTS) is 2. The molecule has 0 saturated carbocycles. The number of nitrogens with one attached hydrogen (secondary N) is 4. The van der Waals surface area contributed by atoms with Gasteiger partial charge in [0.15, 0.2) is 0 Å². The first kappa shape index (κ1) is 30.3. The fraction of sp³-hybridized carbons (Fsp3) is 0.480.